The summed E-state index contributed by atoms with van der Waals surface area (Å²) in [7, 11) is 0. The first kappa shape index (κ1) is 13.9. The van der Waals surface area contributed by atoms with Crippen LogP contribution in [0, 0.1) is 0 Å². The fourth-order valence-corrected chi connectivity index (χ4v) is 1.92. The molecule has 0 radical (unpaired) electrons. The van der Waals surface area contributed by atoms with E-state index in [1.165, 1.54) is 0 Å². The molecule has 0 amide bonds. The van der Waals surface area contributed by atoms with E-state index in [4.69, 9.17) is 0 Å². The second-order valence-electron chi connectivity index (χ2n) is 4.05. The number of aromatic hydroxyl groups is 1. The second-order valence-corrected chi connectivity index (χ2v) is 4.05. The van der Waals surface area contributed by atoms with Crippen molar-refractivity contribution in [1.29, 1.82) is 0 Å². The van der Waals surface area contributed by atoms with Crippen LogP contribution in [-0.4, -0.2) is 15.3 Å². The Morgan fingerprint density at radius 3 is 2.25 bits per heavy atom. The summed E-state index contributed by atoms with van der Waals surface area (Å²) in [6.45, 7) is 4.00. The number of aromatic nitrogens is 2. The molecule has 102 valence electrons. The summed E-state index contributed by atoms with van der Waals surface area (Å²) in [4.78, 5) is 0. The van der Waals surface area contributed by atoms with Gasteiger partial charge in [-0.2, -0.15) is 5.10 Å². The quantitative estimate of drug-likeness (QED) is 0.718. The lowest BCUT2D eigenvalue weighted by molar-refractivity contribution is 0.477. The van der Waals surface area contributed by atoms with Crippen molar-refractivity contribution in [2.24, 2.45) is 0 Å². The summed E-state index contributed by atoms with van der Waals surface area (Å²) in [5, 5.41) is 17.0. The number of nitrogens with zero attached hydrogens (tertiary/aromatic N) is 1. The van der Waals surface area contributed by atoms with Crippen molar-refractivity contribution >= 4 is 0 Å². The molecular weight excluding hydrogens is 248 g/mol. The summed E-state index contributed by atoms with van der Waals surface area (Å²) in [5.74, 6) is 0.251. The average molecular weight is 266 g/mol. The van der Waals surface area contributed by atoms with Gasteiger partial charge < -0.3 is 5.11 Å². The Bertz CT molecular complexity index is 660. The lowest BCUT2D eigenvalue weighted by Crippen LogP contribution is -1.78. The van der Waals surface area contributed by atoms with Crippen molar-refractivity contribution in [2.45, 2.75) is 13.8 Å². The summed E-state index contributed by atoms with van der Waals surface area (Å²) in [5.41, 5.74) is 3.49. The molecule has 0 bridgehead atoms. The third-order valence-corrected chi connectivity index (χ3v) is 2.84. The first-order chi connectivity index (χ1) is 9.84. The molecule has 2 N–H and O–H groups in total. The monoisotopic (exact) mass is 266 g/mol. The lowest BCUT2D eigenvalue weighted by Gasteiger charge is -1.99. The zero-order valence-corrected chi connectivity index (χ0v) is 11.7. The number of aromatic amines is 1. The van der Waals surface area contributed by atoms with Gasteiger partial charge in [0.25, 0.3) is 0 Å². The van der Waals surface area contributed by atoms with Gasteiger partial charge in [0, 0.05) is 11.1 Å². The van der Waals surface area contributed by atoms with Gasteiger partial charge in [0.2, 0.25) is 0 Å². The van der Waals surface area contributed by atoms with Gasteiger partial charge in [-0.15, -0.1) is 0 Å². The van der Waals surface area contributed by atoms with E-state index in [9.17, 15) is 5.11 Å². The number of hydrogen-bond acceptors (Lipinski definition) is 2. The highest BCUT2D eigenvalue weighted by Gasteiger charge is 2.08. The molecule has 1 aromatic heterocycles. The van der Waals surface area contributed by atoms with Gasteiger partial charge in [0.15, 0.2) is 0 Å². The molecule has 0 aliphatic heterocycles. The highest BCUT2D eigenvalue weighted by atomic mass is 16.3. The predicted octanol–water partition coefficient (Wildman–Crippen LogP) is 4.48. The Kier molecular flexibility index (Phi) is 4.56. The van der Waals surface area contributed by atoms with E-state index in [0.717, 1.165) is 22.5 Å². The zero-order chi connectivity index (χ0) is 14.4. The number of hydrogen-bond donors (Lipinski definition) is 2. The van der Waals surface area contributed by atoms with Gasteiger partial charge in [0.1, 0.15) is 5.75 Å². The number of phenolic OH excluding ortho intramolecular Hbond substituents is 1. The van der Waals surface area contributed by atoms with Crippen molar-refractivity contribution in [3.8, 4) is 28.3 Å². The molecule has 3 rings (SSSR count). The van der Waals surface area contributed by atoms with Crippen molar-refractivity contribution in [2.75, 3.05) is 0 Å². The fourth-order valence-electron chi connectivity index (χ4n) is 1.92. The van der Waals surface area contributed by atoms with Crippen LogP contribution in [0.1, 0.15) is 13.8 Å². The standard InChI is InChI=1S/C15H12N2O.C2H6/c18-15-9-5-4-8-12(15)14-10-13(16-17-14)11-6-2-1-3-7-11;1-2/h1-10,18H,(H,16,17);1-2H3. The third kappa shape index (κ3) is 2.88. The topological polar surface area (TPSA) is 48.9 Å². The van der Waals surface area contributed by atoms with Crippen LogP contribution >= 0.6 is 0 Å². The normalized spacial score (nSPS) is 9.70. The Morgan fingerprint density at radius 2 is 1.55 bits per heavy atom. The average Bonchev–Trinajstić information content (AvgIpc) is 3.00. The van der Waals surface area contributed by atoms with Crippen LogP contribution in [-0.2, 0) is 0 Å². The summed E-state index contributed by atoms with van der Waals surface area (Å²) in [6.07, 6.45) is 0. The van der Waals surface area contributed by atoms with Crippen LogP contribution in [0.5, 0.6) is 5.75 Å². The molecule has 0 spiro atoms. The Morgan fingerprint density at radius 1 is 0.900 bits per heavy atom. The highest BCUT2D eigenvalue weighted by molar-refractivity contribution is 5.71. The SMILES string of the molecule is CC.Oc1ccccc1-c1cc(-c2ccccc2)n[nH]1. The Balaban J connectivity index is 0.000000704. The van der Waals surface area contributed by atoms with Crippen molar-refractivity contribution in [3.63, 3.8) is 0 Å². The van der Waals surface area contributed by atoms with Crippen LogP contribution in [0.15, 0.2) is 60.7 Å². The van der Waals surface area contributed by atoms with Crippen LogP contribution in [0.4, 0.5) is 0 Å². The van der Waals surface area contributed by atoms with Gasteiger partial charge in [-0.25, -0.2) is 0 Å². The van der Waals surface area contributed by atoms with E-state index in [2.05, 4.69) is 10.2 Å². The maximum atomic E-state index is 9.80. The van der Waals surface area contributed by atoms with Crippen LogP contribution in [0.2, 0.25) is 0 Å². The highest BCUT2D eigenvalue weighted by Crippen LogP contribution is 2.29. The molecule has 3 aromatic rings. The van der Waals surface area contributed by atoms with Crippen molar-refractivity contribution in [3.05, 3.63) is 60.7 Å². The minimum absolute atomic E-state index is 0.251. The maximum absolute atomic E-state index is 9.80. The second kappa shape index (κ2) is 6.57. The van der Waals surface area contributed by atoms with E-state index >= 15 is 0 Å². The van der Waals surface area contributed by atoms with E-state index < -0.39 is 0 Å². The lowest BCUT2D eigenvalue weighted by atomic mass is 10.1. The van der Waals surface area contributed by atoms with Gasteiger partial charge in [-0.1, -0.05) is 56.3 Å². The molecule has 0 saturated heterocycles. The fraction of sp³-hybridized carbons (Fsp3) is 0.118. The van der Waals surface area contributed by atoms with Crippen molar-refractivity contribution < 1.29 is 5.11 Å². The molecule has 20 heavy (non-hydrogen) atoms. The molecule has 3 heteroatoms. The Labute approximate surface area is 118 Å². The number of H-pyrrole nitrogens is 1. The van der Waals surface area contributed by atoms with E-state index in [1.54, 1.807) is 12.1 Å². The number of benzene rings is 2. The van der Waals surface area contributed by atoms with Gasteiger partial charge in [-0.05, 0) is 18.2 Å². The maximum Gasteiger partial charge on any atom is 0.124 e. The van der Waals surface area contributed by atoms with Gasteiger partial charge in [-0.3, -0.25) is 5.10 Å². The minimum Gasteiger partial charge on any atom is -0.507 e. The summed E-state index contributed by atoms with van der Waals surface area (Å²) >= 11 is 0. The molecule has 1 heterocycles. The van der Waals surface area contributed by atoms with Crippen molar-refractivity contribution in [1.82, 2.24) is 10.2 Å². The van der Waals surface area contributed by atoms with Gasteiger partial charge in [0.05, 0.1) is 11.4 Å². The largest absolute Gasteiger partial charge is 0.507 e. The molecule has 0 saturated carbocycles. The first-order valence-electron chi connectivity index (χ1n) is 6.74. The molecule has 0 atom stereocenters. The summed E-state index contributed by atoms with van der Waals surface area (Å²) in [6, 6.07) is 19.1. The predicted molar refractivity (Wildman–Crippen MR) is 82.5 cm³/mol. The van der Waals surface area contributed by atoms with E-state index in [1.807, 2.05) is 62.4 Å². The summed E-state index contributed by atoms with van der Waals surface area (Å²) < 4.78 is 0. The Hall–Kier alpha value is -2.55. The number of rotatable bonds is 2. The zero-order valence-electron chi connectivity index (χ0n) is 11.7. The molecule has 2 aromatic carbocycles. The van der Waals surface area contributed by atoms with Crippen LogP contribution in [0.3, 0.4) is 0 Å². The van der Waals surface area contributed by atoms with Crippen LogP contribution < -0.4 is 0 Å². The minimum atomic E-state index is 0.251. The van der Waals surface area contributed by atoms with E-state index in [0.29, 0.717) is 0 Å². The van der Waals surface area contributed by atoms with Crippen LogP contribution in [0.25, 0.3) is 22.5 Å². The first-order valence-corrected chi connectivity index (χ1v) is 6.74. The number of nitrogens with one attached hydrogen (secondary N) is 1. The number of para-hydroxylation sites is 1. The third-order valence-electron chi connectivity index (χ3n) is 2.84. The van der Waals surface area contributed by atoms with E-state index in [-0.39, 0.29) is 5.75 Å². The molecule has 0 aliphatic rings. The smallest absolute Gasteiger partial charge is 0.124 e. The molecule has 0 aliphatic carbocycles. The molecular formula is C17H18N2O. The van der Waals surface area contributed by atoms with Gasteiger partial charge >= 0.3 is 0 Å². The molecule has 0 fully saturated rings. The molecule has 0 unspecified atom stereocenters. The number of phenols is 1. The molecule has 3 nitrogen and oxygen atoms in total.